The highest BCUT2D eigenvalue weighted by molar-refractivity contribution is 7.86. The summed E-state index contributed by atoms with van der Waals surface area (Å²) in [6.07, 6.45) is 5.57. The molecule has 2 unspecified atom stereocenters. The Morgan fingerprint density at radius 2 is 1.29 bits per heavy atom. The number of imide groups is 1. The van der Waals surface area contributed by atoms with Crippen LogP contribution in [0.15, 0.2) is 70.1 Å². The highest BCUT2D eigenvalue weighted by Gasteiger charge is 2.48. The molecule has 1 fully saturated rings. The molecule has 2 aromatic rings. The summed E-state index contributed by atoms with van der Waals surface area (Å²) in [4.78, 5) is 41.7. The summed E-state index contributed by atoms with van der Waals surface area (Å²) in [7, 11) is -10.6. The number of carbonyl (C=O) groups excluding carboxylic acids is 3. The zero-order chi connectivity index (χ0) is 51.3. The van der Waals surface area contributed by atoms with Crippen molar-refractivity contribution in [3.63, 3.8) is 0 Å². The van der Waals surface area contributed by atoms with Crippen molar-refractivity contribution in [1.82, 2.24) is 5.06 Å². The average Bonchev–Trinajstić information content (AvgIpc) is 3.82. The van der Waals surface area contributed by atoms with Gasteiger partial charge in [-0.2, -0.15) is 29.8 Å². The SMILES string of the molecule is COCCOCCOCC[N+]1=C(C=CC=C2N(CCOCCOCCC(=O)ON3C(=O)CCC3=O)c3ccc(S(=O)(=O)O)cc3C2(C)CCOC)C(C)(CCCS(=O)(=O)O)c2cc(S(=O)(=O)O)ccc21. The summed E-state index contributed by atoms with van der Waals surface area (Å²) < 4.78 is 139. The van der Waals surface area contributed by atoms with Crippen LogP contribution in [-0.4, -0.2) is 171 Å². The maximum absolute atomic E-state index is 12.4. The van der Waals surface area contributed by atoms with E-state index in [1.54, 1.807) is 31.4 Å². The fourth-order valence-electron chi connectivity index (χ4n) is 8.60. The first-order valence-electron chi connectivity index (χ1n) is 22.4. The number of amides is 2. The van der Waals surface area contributed by atoms with Crippen LogP contribution in [-0.2, 0) is 88.8 Å². The third-order valence-electron chi connectivity index (χ3n) is 12.2. The van der Waals surface area contributed by atoms with Crippen molar-refractivity contribution in [2.24, 2.45) is 0 Å². The van der Waals surface area contributed by atoms with Gasteiger partial charge in [-0.15, -0.1) is 5.06 Å². The molecule has 2 aromatic carbocycles. The van der Waals surface area contributed by atoms with Crippen molar-refractivity contribution >= 4 is 65.2 Å². The highest BCUT2D eigenvalue weighted by Crippen LogP contribution is 2.51. The van der Waals surface area contributed by atoms with Crippen LogP contribution in [0.25, 0.3) is 0 Å². The summed E-state index contributed by atoms with van der Waals surface area (Å²) in [5, 5.41) is 0.464. The van der Waals surface area contributed by atoms with Crippen LogP contribution in [0.3, 0.4) is 0 Å². The van der Waals surface area contributed by atoms with E-state index in [-0.39, 0.29) is 101 Å². The van der Waals surface area contributed by atoms with Gasteiger partial charge in [0.15, 0.2) is 12.3 Å². The molecule has 22 nitrogen and oxygen atoms in total. The number of carbonyl (C=O) groups is 3. The average molecular weight is 1050 g/mol. The predicted molar refractivity (Wildman–Crippen MR) is 251 cm³/mol. The van der Waals surface area contributed by atoms with Gasteiger partial charge in [0.05, 0.1) is 80.2 Å². The van der Waals surface area contributed by atoms with E-state index in [1.165, 1.54) is 31.4 Å². The first-order valence-corrected chi connectivity index (χ1v) is 26.9. The Morgan fingerprint density at radius 3 is 1.90 bits per heavy atom. The molecule has 2 amide bonds. The van der Waals surface area contributed by atoms with Gasteiger partial charge in [-0.25, -0.2) is 4.79 Å². The van der Waals surface area contributed by atoms with Gasteiger partial charge in [0, 0.05) is 74.7 Å². The number of nitrogens with zero attached hydrogens (tertiary/aromatic N) is 3. The lowest BCUT2D eigenvalue weighted by Crippen LogP contribution is -2.33. The van der Waals surface area contributed by atoms with Crippen LogP contribution in [0.4, 0.5) is 11.4 Å². The molecule has 0 aromatic heterocycles. The van der Waals surface area contributed by atoms with E-state index in [0.29, 0.717) is 65.2 Å². The van der Waals surface area contributed by atoms with Crippen LogP contribution in [0, 0.1) is 0 Å². The van der Waals surface area contributed by atoms with Crippen molar-refractivity contribution in [2.45, 2.75) is 73.0 Å². The smallest absolute Gasteiger partial charge is 0.335 e. The maximum atomic E-state index is 12.4. The van der Waals surface area contributed by atoms with Crippen molar-refractivity contribution in [3.8, 4) is 0 Å². The first-order chi connectivity index (χ1) is 33.0. The number of hydrogen-bond donors (Lipinski definition) is 3. The highest BCUT2D eigenvalue weighted by atomic mass is 32.2. The molecule has 3 aliphatic heterocycles. The lowest BCUT2D eigenvalue weighted by Gasteiger charge is -2.30. The summed E-state index contributed by atoms with van der Waals surface area (Å²) in [6.45, 7) is 6.22. The van der Waals surface area contributed by atoms with Crippen LogP contribution >= 0.6 is 0 Å². The molecule has 0 aliphatic carbocycles. The minimum atomic E-state index is -4.67. The molecule has 1 saturated heterocycles. The number of hydrogen-bond acceptors (Lipinski definition) is 17. The number of allylic oxidation sites excluding steroid dienone is 4. The van der Waals surface area contributed by atoms with Gasteiger partial charge >= 0.3 is 5.97 Å². The Kier molecular flexibility index (Phi) is 19.9. The van der Waals surface area contributed by atoms with Gasteiger partial charge < -0.3 is 38.2 Å². The zero-order valence-electron chi connectivity index (χ0n) is 39.6. The summed E-state index contributed by atoms with van der Waals surface area (Å²) in [6, 6.07) is 8.47. The van der Waals surface area contributed by atoms with Crippen molar-refractivity contribution in [3.05, 3.63) is 71.5 Å². The monoisotopic (exact) mass is 1040 g/mol. The Morgan fingerprint density at radius 1 is 0.714 bits per heavy atom. The van der Waals surface area contributed by atoms with Gasteiger partial charge in [0.1, 0.15) is 6.61 Å². The molecule has 0 saturated carbocycles. The molecule has 3 heterocycles. The number of benzene rings is 2. The third-order valence-corrected chi connectivity index (χ3v) is 14.7. The molecular weight excluding hydrogens is 983 g/mol. The fraction of sp³-hybridized carbons (Fsp3) is 0.556. The van der Waals surface area contributed by atoms with Gasteiger partial charge in [0.25, 0.3) is 42.2 Å². The van der Waals surface area contributed by atoms with Crippen LogP contribution < -0.4 is 4.90 Å². The second-order valence-electron chi connectivity index (χ2n) is 16.9. The van der Waals surface area contributed by atoms with Crippen LogP contribution in [0.2, 0.25) is 0 Å². The predicted octanol–water partition coefficient (Wildman–Crippen LogP) is 3.17. The number of rotatable bonds is 30. The summed E-state index contributed by atoms with van der Waals surface area (Å²) >= 11 is 0. The molecule has 0 bridgehead atoms. The van der Waals surface area contributed by atoms with Gasteiger partial charge in [0.2, 0.25) is 5.69 Å². The second kappa shape index (κ2) is 24.7. The lowest BCUT2D eigenvalue weighted by atomic mass is 9.75. The van der Waals surface area contributed by atoms with E-state index in [1.807, 2.05) is 29.4 Å². The molecule has 25 heteroatoms. The Labute approximate surface area is 408 Å². The molecule has 2 atom stereocenters. The van der Waals surface area contributed by atoms with Gasteiger partial charge in [-0.05, 0) is 75.1 Å². The number of anilines is 1. The van der Waals surface area contributed by atoms with E-state index in [4.69, 9.17) is 33.3 Å². The lowest BCUT2D eigenvalue weighted by molar-refractivity contribution is -0.442. The molecule has 3 aliphatic rings. The van der Waals surface area contributed by atoms with Crippen LogP contribution in [0.5, 0.6) is 0 Å². The Bertz CT molecular complexity index is 2640. The molecule has 388 valence electrons. The third kappa shape index (κ3) is 14.6. The second-order valence-corrected chi connectivity index (χ2v) is 21.4. The van der Waals surface area contributed by atoms with Gasteiger partial charge in [-0.1, -0.05) is 6.08 Å². The van der Waals surface area contributed by atoms with Crippen LogP contribution in [0.1, 0.15) is 63.5 Å². The van der Waals surface area contributed by atoms with Gasteiger partial charge in [-0.3, -0.25) is 23.2 Å². The zero-order valence-corrected chi connectivity index (χ0v) is 42.0. The molecule has 70 heavy (non-hydrogen) atoms. The fourth-order valence-corrected chi connectivity index (χ4v) is 10.1. The number of ether oxygens (including phenoxy) is 6. The Hall–Kier alpha value is -4.51. The molecule has 3 N–H and O–H groups in total. The molecule has 5 rings (SSSR count). The van der Waals surface area contributed by atoms with E-state index >= 15 is 0 Å². The first kappa shape index (κ1) is 56.4. The molecule has 0 spiro atoms. The van der Waals surface area contributed by atoms with E-state index < -0.39 is 64.7 Å². The van der Waals surface area contributed by atoms with E-state index in [0.717, 1.165) is 0 Å². The minimum Gasteiger partial charge on any atom is -0.385 e. The molecular formula is C45H62N3O19S3+. The summed E-state index contributed by atoms with van der Waals surface area (Å²) in [5.41, 5.74) is 1.50. The van der Waals surface area contributed by atoms with Crippen molar-refractivity contribution in [2.75, 3.05) is 104 Å². The van der Waals surface area contributed by atoms with E-state index in [9.17, 15) is 53.3 Å². The summed E-state index contributed by atoms with van der Waals surface area (Å²) in [5.74, 6) is -2.56. The quantitative estimate of drug-likeness (QED) is 0.0438. The minimum absolute atomic E-state index is 0.0264. The number of fused-ring (bicyclic) bond motifs is 2. The largest absolute Gasteiger partial charge is 0.385 e. The maximum Gasteiger partial charge on any atom is 0.335 e. The topological polar surface area (TPSA) is 288 Å². The van der Waals surface area contributed by atoms with E-state index in [2.05, 4.69) is 0 Å². The van der Waals surface area contributed by atoms with Crippen molar-refractivity contribution in [1.29, 1.82) is 0 Å². The Balaban J connectivity index is 1.46. The van der Waals surface area contributed by atoms with Crippen molar-refractivity contribution < 1.29 is 91.1 Å². The normalized spacial score (nSPS) is 20.1. The molecule has 0 radical (unpaired) electrons. The standard InChI is InChI=1S/C45H61N3O19S3/c1-44(16-6-30-68(52,53)54)35-31-33(69(55,56)57)9-11-37(35)46(18-22-65-28-29-66-25-24-62-4)39(44)7-5-8-40-45(2,17-21-61-3)36-32-34(70(58,59)60)10-12-38(36)47(40)19-23-64-27-26-63-20-15-43(51)67-48-41(49)13-14-42(48)50/h5,7-12,31-32H,6,13-30H2,1-4H3,(H2-,52,53,54,55,56,57,58,59,60)/p+1. The number of hydroxylamine groups is 2. The number of methoxy groups -OCH3 is 2.